The Kier molecular flexibility index (Phi) is 1.72. The molecule has 1 aromatic heterocycles. The van der Waals surface area contributed by atoms with Crippen LogP contribution >= 0.6 is 0 Å². The van der Waals surface area contributed by atoms with Gasteiger partial charge in [0.15, 0.2) is 11.6 Å². The molecule has 1 aromatic carbocycles. The van der Waals surface area contributed by atoms with E-state index in [-0.39, 0.29) is 0 Å². The van der Waals surface area contributed by atoms with Crippen LogP contribution in [0.3, 0.4) is 0 Å². The van der Waals surface area contributed by atoms with E-state index in [2.05, 4.69) is 4.98 Å². The molecule has 1 nitrogen and oxygen atoms in total. The molecule has 3 heteroatoms. The van der Waals surface area contributed by atoms with E-state index in [0.29, 0.717) is 10.9 Å². The Hall–Kier alpha value is -1.51. The van der Waals surface area contributed by atoms with Crippen molar-refractivity contribution in [2.75, 3.05) is 0 Å². The Balaban J connectivity index is 2.81. The molecule has 0 saturated heterocycles. The van der Waals surface area contributed by atoms with Gasteiger partial charge in [-0.05, 0) is 19.1 Å². The van der Waals surface area contributed by atoms with Crippen LogP contribution in [0.1, 0.15) is 5.69 Å². The average Bonchev–Trinajstić information content (AvgIpc) is 2.08. The van der Waals surface area contributed by atoms with Crippen LogP contribution in [0, 0.1) is 18.6 Å². The fourth-order valence-electron chi connectivity index (χ4n) is 1.22. The summed E-state index contributed by atoms with van der Waals surface area (Å²) in [5.41, 5.74) is 1.28. The molecule has 0 bridgehead atoms. The summed E-state index contributed by atoms with van der Waals surface area (Å²) in [5.74, 6) is -1.69. The number of fused-ring (bicyclic) bond motifs is 1. The lowest BCUT2D eigenvalue weighted by atomic mass is 10.2. The molecule has 13 heavy (non-hydrogen) atoms. The molecule has 0 fully saturated rings. The van der Waals surface area contributed by atoms with E-state index in [9.17, 15) is 8.78 Å². The number of hydrogen-bond acceptors (Lipinski definition) is 1. The molecular formula is C10H7F2N. The van der Waals surface area contributed by atoms with Crippen molar-refractivity contribution >= 4 is 10.9 Å². The van der Waals surface area contributed by atoms with Crippen molar-refractivity contribution in [1.29, 1.82) is 0 Å². The van der Waals surface area contributed by atoms with Crippen LogP contribution in [0.25, 0.3) is 10.9 Å². The van der Waals surface area contributed by atoms with Gasteiger partial charge in [0, 0.05) is 17.1 Å². The summed E-state index contributed by atoms with van der Waals surface area (Å²) < 4.78 is 25.5. The maximum Gasteiger partial charge on any atom is 0.161 e. The molecule has 0 atom stereocenters. The number of halogens is 2. The molecule has 0 saturated carbocycles. The van der Waals surface area contributed by atoms with E-state index in [0.717, 1.165) is 17.8 Å². The first-order valence-corrected chi connectivity index (χ1v) is 3.89. The Morgan fingerprint density at radius 2 is 1.77 bits per heavy atom. The lowest BCUT2D eigenvalue weighted by molar-refractivity contribution is 0.510. The minimum atomic E-state index is -0.856. The van der Waals surface area contributed by atoms with Gasteiger partial charge in [0.2, 0.25) is 0 Å². The van der Waals surface area contributed by atoms with E-state index in [1.807, 2.05) is 0 Å². The standard InChI is InChI=1S/C10H7F2N/c1-6-2-3-7-4-8(11)9(12)5-10(7)13-6/h2-5H,1H3. The highest BCUT2D eigenvalue weighted by Crippen LogP contribution is 2.16. The lowest BCUT2D eigenvalue weighted by Crippen LogP contribution is -1.88. The Bertz CT molecular complexity index is 466. The maximum absolute atomic E-state index is 12.8. The normalized spacial score (nSPS) is 10.7. The zero-order valence-electron chi connectivity index (χ0n) is 7.01. The molecule has 0 radical (unpaired) electrons. The predicted molar refractivity (Wildman–Crippen MR) is 46.4 cm³/mol. The van der Waals surface area contributed by atoms with Crippen molar-refractivity contribution in [3.05, 3.63) is 41.6 Å². The van der Waals surface area contributed by atoms with Gasteiger partial charge in [-0.2, -0.15) is 0 Å². The van der Waals surface area contributed by atoms with Crippen LogP contribution in [-0.4, -0.2) is 4.98 Å². The Labute approximate surface area is 74.0 Å². The highest BCUT2D eigenvalue weighted by molar-refractivity contribution is 5.78. The second-order valence-electron chi connectivity index (χ2n) is 2.91. The SMILES string of the molecule is Cc1ccc2cc(F)c(F)cc2n1. The fourth-order valence-corrected chi connectivity index (χ4v) is 1.22. The first-order valence-electron chi connectivity index (χ1n) is 3.89. The molecule has 0 aliphatic heterocycles. The first kappa shape index (κ1) is 8.10. The smallest absolute Gasteiger partial charge is 0.161 e. The summed E-state index contributed by atoms with van der Waals surface area (Å²) in [6.45, 7) is 1.81. The highest BCUT2D eigenvalue weighted by atomic mass is 19.2. The molecule has 0 N–H and O–H groups in total. The summed E-state index contributed by atoms with van der Waals surface area (Å²) in [6.07, 6.45) is 0. The van der Waals surface area contributed by atoms with Gasteiger partial charge in [0.25, 0.3) is 0 Å². The number of aromatic nitrogens is 1. The van der Waals surface area contributed by atoms with Crippen LogP contribution in [0.4, 0.5) is 8.78 Å². The number of aryl methyl sites for hydroxylation is 1. The topological polar surface area (TPSA) is 12.9 Å². The van der Waals surface area contributed by atoms with Gasteiger partial charge in [-0.15, -0.1) is 0 Å². The quantitative estimate of drug-likeness (QED) is 0.606. The second kappa shape index (κ2) is 2.76. The molecule has 0 spiro atoms. The third-order valence-electron chi connectivity index (χ3n) is 1.87. The van der Waals surface area contributed by atoms with Gasteiger partial charge >= 0.3 is 0 Å². The minimum Gasteiger partial charge on any atom is -0.253 e. The van der Waals surface area contributed by atoms with Gasteiger partial charge in [-0.1, -0.05) is 6.07 Å². The van der Waals surface area contributed by atoms with Crippen molar-refractivity contribution in [2.24, 2.45) is 0 Å². The highest BCUT2D eigenvalue weighted by Gasteiger charge is 2.04. The fraction of sp³-hybridized carbons (Fsp3) is 0.100. The van der Waals surface area contributed by atoms with Crippen LogP contribution in [-0.2, 0) is 0 Å². The number of hydrogen-bond donors (Lipinski definition) is 0. The molecule has 0 aliphatic rings. The van der Waals surface area contributed by atoms with Crippen LogP contribution < -0.4 is 0 Å². The second-order valence-corrected chi connectivity index (χ2v) is 2.91. The molecule has 2 aromatic rings. The molecule has 2 rings (SSSR count). The molecular weight excluding hydrogens is 172 g/mol. The predicted octanol–water partition coefficient (Wildman–Crippen LogP) is 2.82. The maximum atomic E-state index is 12.8. The molecule has 0 amide bonds. The summed E-state index contributed by atoms with van der Waals surface area (Å²) in [4.78, 5) is 4.07. The van der Waals surface area contributed by atoms with Gasteiger partial charge in [-0.25, -0.2) is 8.78 Å². The summed E-state index contributed by atoms with van der Waals surface area (Å²) >= 11 is 0. The number of rotatable bonds is 0. The van der Waals surface area contributed by atoms with Crippen LogP contribution in [0.15, 0.2) is 24.3 Å². The van der Waals surface area contributed by atoms with Gasteiger partial charge in [-0.3, -0.25) is 4.98 Å². The van der Waals surface area contributed by atoms with E-state index < -0.39 is 11.6 Å². The van der Waals surface area contributed by atoms with E-state index in [4.69, 9.17) is 0 Å². The summed E-state index contributed by atoms with van der Waals surface area (Å²) in [5, 5.41) is 0.615. The molecule has 0 aliphatic carbocycles. The lowest BCUT2D eigenvalue weighted by Gasteiger charge is -1.99. The van der Waals surface area contributed by atoms with E-state index in [1.165, 1.54) is 0 Å². The largest absolute Gasteiger partial charge is 0.253 e. The molecule has 1 heterocycles. The first-order chi connectivity index (χ1) is 6.16. The third-order valence-corrected chi connectivity index (χ3v) is 1.87. The zero-order chi connectivity index (χ0) is 9.42. The summed E-state index contributed by atoms with van der Waals surface area (Å²) in [7, 11) is 0. The number of pyridine rings is 1. The van der Waals surface area contributed by atoms with E-state index >= 15 is 0 Å². The van der Waals surface area contributed by atoms with Crippen molar-refractivity contribution < 1.29 is 8.78 Å². The Morgan fingerprint density at radius 1 is 1.08 bits per heavy atom. The Morgan fingerprint density at radius 3 is 2.54 bits per heavy atom. The van der Waals surface area contributed by atoms with Crippen LogP contribution in [0.2, 0.25) is 0 Å². The van der Waals surface area contributed by atoms with Crippen molar-refractivity contribution in [2.45, 2.75) is 6.92 Å². The van der Waals surface area contributed by atoms with E-state index in [1.54, 1.807) is 19.1 Å². The van der Waals surface area contributed by atoms with Crippen molar-refractivity contribution in [3.8, 4) is 0 Å². The minimum absolute atomic E-state index is 0.485. The van der Waals surface area contributed by atoms with Gasteiger partial charge in [0.05, 0.1) is 5.52 Å². The van der Waals surface area contributed by atoms with Crippen molar-refractivity contribution in [1.82, 2.24) is 4.98 Å². The third kappa shape index (κ3) is 1.37. The monoisotopic (exact) mass is 179 g/mol. The van der Waals surface area contributed by atoms with Crippen LogP contribution in [0.5, 0.6) is 0 Å². The number of benzene rings is 1. The average molecular weight is 179 g/mol. The van der Waals surface area contributed by atoms with Crippen molar-refractivity contribution in [3.63, 3.8) is 0 Å². The molecule has 0 unspecified atom stereocenters. The van der Waals surface area contributed by atoms with Gasteiger partial charge < -0.3 is 0 Å². The summed E-state index contributed by atoms with van der Waals surface area (Å²) in [6, 6.07) is 5.74. The number of nitrogens with zero attached hydrogens (tertiary/aromatic N) is 1. The zero-order valence-corrected chi connectivity index (χ0v) is 7.01. The van der Waals surface area contributed by atoms with Gasteiger partial charge in [0.1, 0.15) is 0 Å². The molecule has 66 valence electrons.